The number of allylic oxidation sites excluding steroid dienone is 2. The molecule has 1 aromatic carbocycles. The number of pyridine rings is 1. The van der Waals surface area contributed by atoms with Gasteiger partial charge in [-0.3, -0.25) is 15.0 Å². The van der Waals surface area contributed by atoms with Crippen LogP contribution >= 0.6 is 0 Å². The fourth-order valence-corrected chi connectivity index (χ4v) is 4.23. The van der Waals surface area contributed by atoms with Gasteiger partial charge in [0.1, 0.15) is 17.3 Å². The highest BCUT2D eigenvalue weighted by Gasteiger charge is 2.29. The SMILES string of the molecule is Cc1ccc2c(n1)C(=N)N(CC(=O)c1cc(CN3C=CC=CCC3=O)c(O)c(C(C)(C)C)c1)C2. The number of phenolic OH excluding ortho intramolecular Hbond substituents is 1. The number of rotatable bonds is 5. The number of nitrogens with zero attached hydrogens (tertiary/aromatic N) is 3. The second-order valence-corrected chi connectivity index (χ2v) is 9.87. The smallest absolute Gasteiger partial charge is 0.230 e. The molecule has 0 saturated carbocycles. The summed E-state index contributed by atoms with van der Waals surface area (Å²) < 4.78 is 0. The van der Waals surface area contributed by atoms with Crippen molar-refractivity contribution in [1.82, 2.24) is 14.8 Å². The van der Waals surface area contributed by atoms with Gasteiger partial charge in [0.05, 0.1) is 13.1 Å². The number of amides is 1. The Morgan fingerprint density at radius 2 is 1.97 bits per heavy atom. The van der Waals surface area contributed by atoms with Crippen molar-refractivity contribution in [3.05, 3.63) is 82.3 Å². The molecule has 0 bridgehead atoms. The third kappa shape index (κ3) is 4.64. The van der Waals surface area contributed by atoms with Crippen LogP contribution in [0.2, 0.25) is 0 Å². The van der Waals surface area contributed by atoms with Gasteiger partial charge in [-0.1, -0.05) is 39.0 Å². The maximum Gasteiger partial charge on any atom is 0.230 e. The van der Waals surface area contributed by atoms with E-state index >= 15 is 0 Å². The Kier molecular flexibility index (Phi) is 6.13. The predicted molar refractivity (Wildman–Crippen MR) is 131 cm³/mol. The standard InChI is InChI=1S/C27H30N4O3/c1-17-9-10-18-14-31(26(28)24(18)29-17)16-22(32)19-12-20(25(34)21(13-19)27(2,3)4)15-30-11-7-5-6-8-23(30)33/h5-7,9-13,28,34H,8,14-16H2,1-4H3. The zero-order valence-electron chi connectivity index (χ0n) is 20.1. The minimum atomic E-state index is -0.409. The third-order valence-electron chi connectivity index (χ3n) is 6.14. The Morgan fingerprint density at radius 3 is 2.71 bits per heavy atom. The largest absolute Gasteiger partial charge is 0.507 e. The Bertz CT molecular complexity index is 1240. The van der Waals surface area contributed by atoms with Crippen molar-refractivity contribution in [3.8, 4) is 5.75 Å². The molecule has 176 valence electrons. The first kappa shape index (κ1) is 23.4. The van der Waals surface area contributed by atoms with Gasteiger partial charge in [0.25, 0.3) is 0 Å². The third-order valence-corrected chi connectivity index (χ3v) is 6.14. The second-order valence-electron chi connectivity index (χ2n) is 9.87. The Hall–Kier alpha value is -3.74. The topological polar surface area (TPSA) is 97.6 Å². The van der Waals surface area contributed by atoms with Crippen molar-refractivity contribution in [3.63, 3.8) is 0 Å². The summed E-state index contributed by atoms with van der Waals surface area (Å²) in [5.74, 6) is 0.114. The predicted octanol–water partition coefficient (Wildman–Crippen LogP) is 4.22. The lowest BCUT2D eigenvalue weighted by atomic mass is 9.83. The number of carbonyl (C=O) groups is 2. The Labute approximate surface area is 199 Å². The van der Waals surface area contributed by atoms with Crippen LogP contribution in [0.15, 0.2) is 48.7 Å². The molecular weight excluding hydrogens is 428 g/mol. The lowest BCUT2D eigenvalue weighted by Gasteiger charge is -2.25. The molecule has 0 aliphatic carbocycles. The highest BCUT2D eigenvalue weighted by molar-refractivity contribution is 6.04. The molecule has 2 aliphatic heterocycles. The number of aromatic hydroxyl groups is 1. The number of fused-ring (bicyclic) bond motifs is 1. The number of amidine groups is 1. The van der Waals surface area contributed by atoms with Crippen molar-refractivity contribution in [1.29, 1.82) is 5.41 Å². The molecule has 2 aromatic rings. The van der Waals surface area contributed by atoms with E-state index in [2.05, 4.69) is 4.98 Å². The minimum Gasteiger partial charge on any atom is -0.507 e. The van der Waals surface area contributed by atoms with Gasteiger partial charge in [0.2, 0.25) is 5.91 Å². The van der Waals surface area contributed by atoms with Crippen molar-refractivity contribution >= 4 is 17.5 Å². The molecule has 34 heavy (non-hydrogen) atoms. The lowest BCUT2D eigenvalue weighted by Crippen LogP contribution is -2.31. The molecule has 2 aliphatic rings. The van der Waals surface area contributed by atoms with Crippen LogP contribution in [-0.4, -0.2) is 44.0 Å². The van der Waals surface area contributed by atoms with Crippen LogP contribution in [0.5, 0.6) is 5.75 Å². The number of carbonyl (C=O) groups excluding carboxylic acids is 2. The summed E-state index contributed by atoms with van der Waals surface area (Å²) in [6.07, 6.45) is 7.36. The van der Waals surface area contributed by atoms with Gasteiger partial charge in [0, 0.05) is 47.1 Å². The fraction of sp³-hybridized carbons (Fsp3) is 0.333. The molecule has 7 nitrogen and oxygen atoms in total. The monoisotopic (exact) mass is 458 g/mol. The number of ketones is 1. The van der Waals surface area contributed by atoms with Crippen LogP contribution in [0.4, 0.5) is 0 Å². The van der Waals surface area contributed by atoms with Gasteiger partial charge >= 0.3 is 0 Å². The van der Waals surface area contributed by atoms with E-state index < -0.39 is 5.41 Å². The van der Waals surface area contributed by atoms with Gasteiger partial charge < -0.3 is 14.9 Å². The number of benzene rings is 1. The number of Topliss-reactive ketones (excluding diaryl/α,β-unsaturated/α-hetero) is 1. The molecule has 0 fully saturated rings. The van der Waals surface area contributed by atoms with Gasteiger partial charge in [0.15, 0.2) is 5.78 Å². The first-order chi connectivity index (χ1) is 16.0. The van der Waals surface area contributed by atoms with Crippen molar-refractivity contribution in [2.45, 2.75) is 52.6 Å². The van der Waals surface area contributed by atoms with Crippen LogP contribution in [0, 0.1) is 12.3 Å². The Balaban J connectivity index is 1.63. The molecule has 1 aromatic heterocycles. The summed E-state index contributed by atoms with van der Waals surface area (Å²) in [5, 5.41) is 19.5. The first-order valence-electron chi connectivity index (χ1n) is 11.4. The van der Waals surface area contributed by atoms with Crippen LogP contribution in [0.3, 0.4) is 0 Å². The molecule has 0 atom stereocenters. The maximum absolute atomic E-state index is 13.4. The average molecular weight is 459 g/mol. The summed E-state index contributed by atoms with van der Waals surface area (Å²) in [6.45, 7) is 8.47. The van der Waals surface area contributed by atoms with Crippen LogP contribution in [0.25, 0.3) is 0 Å². The molecule has 0 saturated heterocycles. The molecule has 0 radical (unpaired) electrons. The minimum absolute atomic E-state index is 0.0362. The number of aromatic nitrogens is 1. The molecule has 1 amide bonds. The summed E-state index contributed by atoms with van der Waals surface area (Å²) in [7, 11) is 0. The number of aryl methyl sites for hydroxylation is 1. The molecule has 7 heteroatoms. The van der Waals surface area contributed by atoms with E-state index in [0.29, 0.717) is 28.9 Å². The quantitative estimate of drug-likeness (QED) is 0.654. The van der Waals surface area contributed by atoms with Crippen LogP contribution in [-0.2, 0) is 23.3 Å². The van der Waals surface area contributed by atoms with E-state index in [0.717, 1.165) is 11.3 Å². The number of hydrogen-bond acceptors (Lipinski definition) is 5. The molecule has 0 unspecified atom stereocenters. The zero-order valence-corrected chi connectivity index (χ0v) is 20.1. The highest BCUT2D eigenvalue weighted by atomic mass is 16.3. The number of phenols is 1. The molecule has 3 heterocycles. The van der Waals surface area contributed by atoms with Gasteiger partial charge in [-0.15, -0.1) is 0 Å². The van der Waals surface area contributed by atoms with Crippen LogP contribution < -0.4 is 0 Å². The average Bonchev–Trinajstić information content (AvgIpc) is 2.92. The second kappa shape index (κ2) is 8.89. The summed E-state index contributed by atoms with van der Waals surface area (Å²) in [4.78, 5) is 33.6. The zero-order chi connectivity index (χ0) is 24.6. The van der Waals surface area contributed by atoms with E-state index in [1.165, 1.54) is 0 Å². The van der Waals surface area contributed by atoms with Crippen molar-refractivity contribution < 1.29 is 14.7 Å². The fourth-order valence-electron chi connectivity index (χ4n) is 4.23. The Morgan fingerprint density at radius 1 is 1.21 bits per heavy atom. The highest BCUT2D eigenvalue weighted by Crippen LogP contribution is 2.36. The van der Waals surface area contributed by atoms with Gasteiger partial charge in [-0.25, -0.2) is 4.98 Å². The summed E-state index contributed by atoms with van der Waals surface area (Å²) in [5.41, 5.74) is 3.60. The van der Waals surface area contributed by atoms with E-state index in [-0.39, 0.29) is 42.8 Å². The molecule has 2 N–H and O–H groups in total. The van der Waals surface area contributed by atoms with Crippen LogP contribution in [0.1, 0.15) is 65.6 Å². The van der Waals surface area contributed by atoms with E-state index in [1.54, 1.807) is 40.3 Å². The van der Waals surface area contributed by atoms with Gasteiger partial charge in [-0.2, -0.15) is 0 Å². The lowest BCUT2D eigenvalue weighted by molar-refractivity contribution is -0.128. The summed E-state index contributed by atoms with van der Waals surface area (Å²) in [6, 6.07) is 7.26. The maximum atomic E-state index is 13.4. The van der Waals surface area contributed by atoms with Crippen molar-refractivity contribution in [2.75, 3.05) is 6.54 Å². The van der Waals surface area contributed by atoms with E-state index in [9.17, 15) is 14.7 Å². The normalized spacial score (nSPS) is 15.6. The molecular formula is C27H30N4O3. The first-order valence-corrected chi connectivity index (χ1v) is 11.4. The van der Waals surface area contributed by atoms with Crippen molar-refractivity contribution in [2.24, 2.45) is 0 Å². The molecule has 4 rings (SSSR count). The van der Waals surface area contributed by atoms with E-state index in [4.69, 9.17) is 5.41 Å². The van der Waals surface area contributed by atoms with E-state index in [1.807, 2.05) is 45.9 Å². The number of nitrogens with one attached hydrogen (secondary N) is 1. The van der Waals surface area contributed by atoms with Gasteiger partial charge in [-0.05, 0) is 36.6 Å². The molecule has 0 spiro atoms. The summed E-state index contributed by atoms with van der Waals surface area (Å²) >= 11 is 0. The number of hydrogen-bond donors (Lipinski definition) is 2.